The molecule has 0 fully saturated rings. The molecule has 0 radical (unpaired) electrons. The van der Waals surface area contributed by atoms with Gasteiger partial charge >= 0.3 is 5.97 Å². The number of ether oxygens (including phenoxy) is 2. The summed E-state index contributed by atoms with van der Waals surface area (Å²) in [7, 11) is 0. The molecule has 0 aliphatic heterocycles. The lowest BCUT2D eigenvalue weighted by atomic mass is 10.2. The smallest absolute Gasteiger partial charge is 0.332 e. The fourth-order valence-electron chi connectivity index (χ4n) is 1.16. The van der Waals surface area contributed by atoms with Crippen LogP contribution in [0.2, 0.25) is 0 Å². The molecular formula is C12H24O3. The van der Waals surface area contributed by atoms with Crippen LogP contribution in [-0.2, 0) is 14.3 Å². The minimum Gasteiger partial charge on any atom is -0.458 e. The Bertz CT molecular complexity index is 170. The summed E-state index contributed by atoms with van der Waals surface area (Å²) in [5.74, 6) is -0.280. The average Bonchev–Trinajstić information content (AvgIpc) is 2.08. The number of carbonyl (C=O) groups is 1. The van der Waals surface area contributed by atoms with Gasteiger partial charge in [-0.1, -0.05) is 26.2 Å². The minimum absolute atomic E-state index is 0.0728. The molecule has 0 aliphatic carbocycles. The van der Waals surface area contributed by atoms with E-state index in [0.29, 0.717) is 6.61 Å². The molecule has 3 heteroatoms. The van der Waals surface area contributed by atoms with Crippen molar-refractivity contribution in [1.29, 1.82) is 0 Å². The van der Waals surface area contributed by atoms with Crippen LogP contribution < -0.4 is 0 Å². The normalized spacial score (nSPS) is 11.5. The lowest BCUT2D eigenvalue weighted by Gasteiger charge is -2.19. The van der Waals surface area contributed by atoms with Gasteiger partial charge in [0.1, 0.15) is 12.2 Å². The van der Waals surface area contributed by atoms with Crippen LogP contribution in [0.25, 0.3) is 0 Å². The van der Waals surface area contributed by atoms with E-state index in [9.17, 15) is 4.79 Å². The minimum atomic E-state index is -0.414. The van der Waals surface area contributed by atoms with Crippen molar-refractivity contribution in [3.05, 3.63) is 0 Å². The summed E-state index contributed by atoms with van der Waals surface area (Å²) in [6.07, 6.45) is 4.64. The molecule has 0 N–H and O–H groups in total. The van der Waals surface area contributed by atoms with Crippen molar-refractivity contribution in [2.75, 3.05) is 13.2 Å². The molecule has 0 spiro atoms. The van der Waals surface area contributed by atoms with Gasteiger partial charge in [-0.25, -0.2) is 4.79 Å². The van der Waals surface area contributed by atoms with Crippen LogP contribution >= 0.6 is 0 Å². The SMILES string of the molecule is CCCCCCOCC(=O)OC(C)(C)C. The van der Waals surface area contributed by atoms with E-state index in [1.54, 1.807) is 0 Å². The first-order valence-corrected chi connectivity index (χ1v) is 5.75. The summed E-state index contributed by atoms with van der Waals surface area (Å²) in [6.45, 7) is 8.45. The predicted octanol–water partition coefficient (Wildman–Crippen LogP) is 2.93. The average molecular weight is 216 g/mol. The van der Waals surface area contributed by atoms with E-state index >= 15 is 0 Å². The summed E-state index contributed by atoms with van der Waals surface area (Å²) in [5.41, 5.74) is -0.414. The fourth-order valence-corrected chi connectivity index (χ4v) is 1.16. The Morgan fingerprint density at radius 2 is 1.80 bits per heavy atom. The highest BCUT2D eigenvalue weighted by Crippen LogP contribution is 2.07. The van der Waals surface area contributed by atoms with Gasteiger partial charge < -0.3 is 9.47 Å². The van der Waals surface area contributed by atoms with Crippen LogP contribution in [0.5, 0.6) is 0 Å². The first-order chi connectivity index (χ1) is 6.95. The standard InChI is InChI=1S/C12H24O3/c1-5-6-7-8-9-14-10-11(13)15-12(2,3)4/h5-10H2,1-4H3. The predicted molar refractivity (Wildman–Crippen MR) is 60.8 cm³/mol. The van der Waals surface area contributed by atoms with Gasteiger partial charge in [0.2, 0.25) is 0 Å². The van der Waals surface area contributed by atoms with Gasteiger partial charge in [-0.05, 0) is 27.2 Å². The van der Waals surface area contributed by atoms with Crippen molar-refractivity contribution in [2.24, 2.45) is 0 Å². The van der Waals surface area contributed by atoms with Crippen molar-refractivity contribution in [1.82, 2.24) is 0 Å². The molecule has 3 nitrogen and oxygen atoms in total. The third-order valence-corrected chi connectivity index (χ3v) is 1.78. The van der Waals surface area contributed by atoms with E-state index in [1.165, 1.54) is 19.3 Å². The van der Waals surface area contributed by atoms with E-state index in [4.69, 9.17) is 9.47 Å². The van der Waals surface area contributed by atoms with Gasteiger partial charge in [-0.15, -0.1) is 0 Å². The topological polar surface area (TPSA) is 35.5 Å². The van der Waals surface area contributed by atoms with Gasteiger partial charge in [-0.2, -0.15) is 0 Å². The largest absolute Gasteiger partial charge is 0.458 e. The molecule has 0 amide bonds. The number of unbranched alkanes of at least 4 members (excludes halogenated alkanes) is 3. The zero-order chi connectivity index (χ0) is 11.7. The highest BCUT2D eigenvalue weighted by Gasteiger charge is 2.15. The van der Waals surface area contributed by atoms with Crippen molar-refractivity contribution in [3.8, 4) is 0 Å². The van der Waals surface area contributed by atoms with Crippen molar-refractivity contribution in [3.63, 3.8) is 0 Å². The molecule has 15 heavy (non-hydrogen) atoms. The maximum atomic E-state index is 11.2. The van der Waals surface area contributed by atoms with E-state index in [-0.39, 0.29) is 12.6 Å². The third kappa shape index (κ3) is 11.4. The van der Waals surface area contributed by atoms with Crippen LogP contribution in [0, 0.1) is 0 Å². The highest BCUT2D eigenvalue weighted by atomic mass is 16.6. The van der Waals surface area contributed by atoms with Crippen LogP contribution in [0.1, 0.15) is 53.4 Å². The molecule has 0 saturated carbocycles. The maximum Gasteiger partial charge on any atom is 0.332 e. The third-order valence-electron chi connectivity index (χ3n) is 1.78. The molecular weight excluding hydrogens is 192 g/mol. The molecule has 0 rings (SSSR count). The summed E-state index contributed by atoms with van der Waals surface area (Å²) in [6, 6.07) is 0. The van der Waals surface area contributed by atoms with Gasteiger partial charge in [0.15, 0.2) is 0 Å². The quantitative estimate of drug-likeness (QED) is 0.485. The van der Waals surface area contributed by atoms with Gasteiger partial charge in [-0.3, -0.25) is 0 Å². The monoisotopic (exact) mass is 216 g/mol. The molecule has 0 bridgehead atoms. The molecule has 90 valence electrons. The zero-order valence-electron chi connectivity index (χ0n) is 10.5. The van der Waals surface area contributed by atoms with Gasteiger partial charge in [0, 0.05) is 6.61 Å². The van der Waals surface area contributed by atoms with Gasteiger partial charge in [0.05, 0.1) is 0 Å². The Morgan fingerprint density at radius 3 is 2.33 bits per heavy atom. The summed E-state index contributed by atoms with van der Waals surface area (Å²) < 4.78 is 10.3. The van der Waals surface area contributed by atoms with Crippen LogP contribution in [0.4, 0.5) is 0 Å². The Kier molecular flexibility index (Phi) is 7.39. The lowest BCUT2D eigenvalue weighted by molar-refractivity contribution is -0.160. The van der Waals surface area contributed by atoms with E-state index in [1.807, 2.05) is 20.8 Å². The van der Waals surface area contributed by atoms with Crippen LogP contribution in [0.3, 0.4) is 0 Å². The highest BCUT2D eigenvalue weighted by molar-refractivity contribution is 5.71. The Labute approximate surface area is 93.1 Å². The lowest BCUT2D eigenvalue weighted by Crippen LogP contribution is -2.26. The number of carbonyl (C=O) groups excluding carboxylic acids is 1. The number of hydrogen-bond donors (Lipinski definition) is 0. The number of esters is 1. The Morgan fingerprint density at radius 1 is 1.13 bits per heavy atom. The van der Waals surface area contributed by atoms with Crippen LogP contribution in [0.15, 0.2) is 0 Å². The van der Waals surface area contributed by atoms with Crippen LogP contribution in [-0.4, -0.2) is 24.8 Å². The molecule has 0 aliphatic rings. The Hall–Kier alpha value is -0.570. The molecule has 0 aromatic heterocycles. The Balaban J connectivity index is 3.32. The second-order valence-corrected chi connectivity index (χ2v) is 4.70. The maximum absolute atomic E-state index is 11.2. The second kappa shape index (κ2) is 7.69. The molecule has 0 atom stereocenters. The van der Waals surface area contributed by atoms with Crippen molar-refractivity contribution < 1.29 is 14.3 Å². The number of hydrogen-bond acceptors (Lipinski definition) is 3. The first-order valence-electron chi connectivity index (χ1n) is 5.75. The summed E-state index contributed by atoms with van der Waals surface area (Å²) in [5, 5.41) is 0. The zero-order valence-corrected chi connectivity index (χ0v) is 10.5. The second-order valence-electron chi connectivity index (χ2n) is 4.70. The van der Waals surface area contributed by atoms with E-state index in [0.717, 1.165) is 6.42 Å². The number of rotatable bonds is 7. The fraction of sp³-hybridized carbons (Fsp3) is 0.917. The first kappa shape index (κ1) is 14.4. The summed E-state index contributed by atoms with van der Waals surface area (Å²) in [4.78, 5) is 11.2. The van der Waals surface area contributed by atoms with Gasteiger partial charge in [0.25, 0.3) is 0 Å². The van der Waals surface area contributed by atoms with Crippen molar-refractivity contribution in [2.45, 2.75) is 59.0 Å². The molecule has 0 unspecified atom stereocenters. The molecule has 0 saturated heterocycles. The van der Waals surface area contributed by atoms with E-state index < -0.39 is 5.60 Å². The van der Waals surface area contributed by atoms with Crippen molar-refractivity contribution >= 4 is 5.97 Å². The molecule has 0 heterocycles. The summed E-state index contributed by atoms with van der Waals surface area (Å²) >= 11 is 0. The van der Waals surface area contributed by atoms with E-state index in [2.05, 4.69) is 6.92 Å². The molecule has 0 aromatic rings. The molecule has 0 aromatic carbocycles.